The molecule has 2 amide bonds. The Morgan fingerprint density at radius 2 is 1.68 bits per heavy atom. The third-order valence-electron chi connectivity index (χ3n) is 9.47. The number of hydrogen-bond donors (Lipinski definition) is 1. The average Bonchev–Trinajstić information content (AvgIpc) is 3.33. The van der Waals surface area contributed by atoms with E-state index >= 15 is 0 Å². The molecule has 1 aliphatic carbocycles. The smallest absolute Gasteiger partial charge is 0.227 e. The molecule has 0 radical (unpaired) electrons. The Kier molecular flexibility index (Phi) is 9.05. The summed E-state index contributed by atoms with van der Waals surface area (Å²) in [5.41, 5.74) is 2.64. The van der Waals surface area contributed by atoms with E-state index in [1.54, 1.807) is 0 Å². The van der Waals surface area contributed by atoms with Gasteiger partial charge in [0.15, 0.2) is 0 Å². The highest BCUT2D eigenvalue weighted by molar-refractivity contribution is 6.30. The van der Waals surface area contributed by atoms with Gasteiger partial charge < -0.3 is 10.2 Å². The number of likely N-dealkylation sites (tertiary alicyclic amines) is 2. The van der Waals surface area contributed by atoms with Crippen molar-refractivity contribution in [3.8, 4) is 0 Å². The van der Waals surface area contributed by atoms with Crippen molar-refractivity contribution < 1.29 is 18.4 Å². The molecule has 8 heteroatoms. The summed E-state index contributed by atoms with van der Waals surface area (Å²) >= 11 is 6.35. The van der Waals surface area contributed by atoms with Crippen LogP contribution in [-0.2, 0) is 16.0 Å². The van der Waals surface area contributed by atoms with Gasteiger partial charge in [-0.25, -0.2) is 8.78 Å². The van der Waals surface area contributed by atoms with Crippen LogP contribution in [0.15, 0.2) is 36.4 Å². The van der Waals surface area contributed by atoms with Crippen molar-refractivity contribution in [3.63, 3.8) is 0 Å². The van der Waals surface area contributed by atoms with Crippen molar-refractivity contribution in [1.82, 2.24) is 15.1 Å². The lowest BCUT2D eigenvalue weighted by Crippen LogP contribution is -2.44. The van der Waals surface area contributed by atoms with Crippen LogP contribution in [0.4, 0.5) is 8.78 Å². The molecule has 0 unspecified atom stereocenters. The summed E-state index contributed by atoms with van der Waals surface area (Å²) in [6.45, 7) is 9.28. The molecule has 1 N–H and O–H groups in total. The Morgan fingerprint density at radius 1 is 0.976 bits per heavy atom. The van der Waals surface area contributed by atoms with Gasteiger partial charge in [0.05, 0.1) is 5.92 Å². The summed E-state index contributed by atoms with van der Waals surface area (Å²) in [4.78, 5) is 30.4. The van der Waals surface area contributed by atoms with Crippen LogP contribution in [0.5, 0.6) is 0 Å². The number of carbonyl (C=O) groups is 2. The number of rotatable bonds is 7. The topological polar surface area (TPSA) is 52.7 Å². The predicted molar refractivity (Wildman–Crippen MR) is 158 cm³/mol. The Labute approximate surface area is 247 Å². The minimum absolute atomic E-state index is 0.0546. The fraction of sp³-hybridized carbons (Fsp3) is 0.576. The number of amides is 2. The van der Waals surface area contributed by atoms with Crippen molar-refractivity contribution in [2.75, 3.05) is 32.7 Å². The van der Waals surface area contributed by atoms with Crippen LogP contribution in [-0.4, -0.2) is 59.9 Å². The minimum atomic E-state index is -0.607. The van der Waals surface area contributed by atoms with E-state index in [2.05, 4.69) is 37.1 Å². The Balaban J connectivity index is 1.25. The second-order valence-corrected chi connectivity index (χ2v) is 13.5. The van der Waals surface area contributed by atoms with E-state index in [-0.39, 0.29) is 35.1 Å². The van der Waals surface area contributed by atoms with Gasteiger partial charge in [-0.05, 0) is 93.7 Å². The number of halogens is 3. The van der Waals surface area contributed by atoms with Crippen molar-refractivity contribution in [2.45, 2.75) is 76.7 Å². The highest BCUT2D eigenvalue weighted by Gasteiger charge is 2.44. The van der Waals surface area contributed by atoms with Gasteiger partial charge in [-0.3, -0.25) is 14.5 Å². The normalized spacial score (nSPS) is 22.5. The van der Waals surface area contributed by atoms with Crippen molar-refractivity contribution >= 4 is 23.4 Å². The van der Waals surface area contributed by atoms with E-state index in [0.717, 1.165) is 50.2 Å². The van der Waals surface area contributed by atoms with Gasteiger partial charge >= 0.3 is 0 Å². The SMILES string of the molecule is CC(C)(C)N1C[C@@H](C(=O)N2CCC(c3ccc(Cl)cc3CCNC(=O)C3CCC3)CC2)[C@H](c2ccc(F)cc2F)C1. The van der Waals surface area contributed by atoms with Gasteiger partial charge in [0.2, 0.25) is 11.8 Å². The molecule has 222 valence electrons. The van der Waals surface area contributed by atoms with Crippen molar-refractivity contribution in [1.29, 1.82) is 0 Å². The number of carbonyl (C=O) groups excluding carboxylic acids is 2. The van der Waals surface area contributed by atoms with E-state index in [1.165, 1.54) is 17.7 Å². The van der Waals surface area contributed by atoms with E-state index in [0.29, 0.717) is 49.2 Å². The largest absolute Gasteiger partial charge is 0.356 e. The fourth-order valence-electron chi connectivity index (χ4n) is 6.69. The van der Waals surface area contributed by atoms with Crippen LogP contribution in [0.2, 0.25) is 5.02 Å². The summed E-state index contributed by atoms with van der Waals surface area (Å²) in [5, 5.41) is 3.77. The maximum atomic E-state index is 14.9. The second-order valence-electron chi connectivity index (χ2n) is 13.1. The average molecular weight is 586 g/mol. The van der Waals surface area contributed by atoms with E-state index in [1.807, 2.05) is 17.0 Å². The zero-order chi connectivity index (χ0) is 29.3. The summed E-state index contributed by atoms with van der Waals surface area (Å²) in [6, 6.07) is 9.74. The van der Waals surface area contributed by atoms with Crippen LogP contribution in [0, 0.1) is 23.5 Å². The first-order chi connectivity index (χ1) is 19.5. The molecule has 2 saturated heterocycles. The maximum absolute atomic E-state index is 14.9. The molecule has 2 atom stereocenters. The minimum Gasteiger partial charge on any atom is -0.356 e. The number of benzene rings is 2. The van der Waals surface area contributed by atoms with Crippen LogP contribution in [0.25, 0.3) is 0 Å². The molecule has 1 saturated carbocycles. The molecular formula is C33H42ClF2N3O2. The Morgan fingerprint density at radius 3 is 2.32 bits per heavy atom. The third kappa shape index (κ3) is 6.77. The molecule has 0 bridgehead atoms. The molecule has 3 fully saturated rings. The Hall–Kier alpha value is -2.51. The van der Waals surface area contributed by atoms with Gasteiger partial charge in [0, 0.05) is 61.2 Å². The van der Waals surface area contributed by atoms with Crippen LogP contribution < -0.4 is 5.32 Å². The molecule has 5 rings (SSSR count). The van der Waals surface area contributed by atoms with E-state index in [4.69, 9.17) is 11.6 Å². The summed E-state index contributed by atoms with van der Waals surface area (Å²) < 4.78 is 28.6. The summed E-state index contributed by atoms with van der Waals surface area (Å²) in [7, 11) is 0. The number of hydrogen-bond acceptors (Lipinski definition) is 3. The lowest BCUT2D eigenvalue weighted by molar-refractivity contribution is -0.136. The quantitative estimate of drug-likeness (QED) is 0.415. The fourth-order valence-corrected chi connectivity index (χ4v) is 6.88. The zero-order valence-electron chi connectivity index (χ0n) is 24.4. The highest BCUT2D eigenvalue weighted by Crippen LogP contribution is 2.40. The molecule has 0 aromatic heterocycles. The molecule has 41 heavy (non-hydrogen) atoms. The summed E-state index contributed by atoms with van der Waals surface area (Å²) in [5.74, 6) is -1.21. The molecule has 2 aliphatic heterocycles. The Bertz CT molecular complexity index is 1270. The second kappa shape index (κ2) is 12.4. The van der Waals surface area contributed by atoms with Gasteiger partial charge in [-0.15, -0.1) is 0 Å². The lowest BCUT2D eigenvalue weighted by Gasteiger charge is -2.36. The van der Waals surface area contributed by atoms with E-state index < -0.39 is 11.6 Å². The van der Waals surface area contributed by atoms with E-state index in [9.17, 15) is 18.4 Å². The molecule has 2 aromatic rings. The number of piperidine rings is 1. The van der Waals surface area contributed by atoms with Crippen LogP contribution in [0.3, 0.4) is 0 Å². The van der Waals surface area contributed by atoms with Crippen LogP contribution >= 0.6 is 11.6 Å². The van der Waals surface area contributed by atoms with Gasteiger partial charge in [-0.2, -0.15) is 0 Å². The standard InChI is InChI=1S/C33H42ClF2N3O2/c1-33(2,3)39-19-28(27-10-8-25(35)18-30(27)36)29(20-39)32(41)38-15-12-21(13-16-38)26-9-7-24(34)17-23(26)11-14-37-31(40)22-5-4-6-22/h7-10,17-18,21-22,28-29H,4-6,11-16,19-20H2,1-3H3,(H,37,40)/t28-,29+/m0/s1. The maximum Gasteiger partial charge on any atom is 0.227 e. The monoisotopic (exact) mass is 585 g/mol. The third-order valence-corrected chi connectivity index (χ3v) is 9.70. The van der Waals surface area contributed by atoms with Gasteiger partial charge in [0.1, 0.15) is 11.6 Å². The zero-order valence-corrected chi connectivity index (χ0v) is 25.2. The highest BCUT2D eigenvalue weighted by atomic mass is 35.5. The number of nitrogens with one attached hydrogen (secondary N) is 1. The first kappa shape index (κ1) is 30.0. The molecule has 2 heterocycles. The molecule has 5 nitrogen and oxygen atoms in total. The predicted octanol–water partition coefficient (Wildman–Crippen LogP) is 6.30. The van der Waals surface area contributed by atoms with Crippen LogP contribution in [0.1, 0.15) is 81.4 Å². The molecular weight excluding hydrogens is 544 g/mol. The molecule has 0 spiro atoms. The molecule has 2 aromatic carbocycles. The van der Waals surface area contributed by atoms with Gasteiger partial charge in [0.25, 0.3) is 0 Å². The first-order valence-electron chi connectivity index (χ1n) is 15.1. The van der Waals surface area contributed by atoms with Crippen molar-refractivity contribution in [3.05, 3.63) is 69.7 Å². The van der Waals surface area contributed by atoms with Gasteiger partial charge in [-0.1, -0.05) is 30.2 Å². The molecule has 3 aliphatic rings. The lowest BCUT2D eigenvalue weighted by atomic mass is 9.83. The summed E-state index contributed by atoms with van der Waals surface area (Å²) in [6.07, 6.45) is 5.50. The van der Waals surface area contributed by atoms with Crippen molar-refractivity contribution in [2.24, 2.45) is 11.8 Å². The first-order valence-corrected chi connectivity index (χ1v) is 15.4. The number of nitrogens with zero attached hydrogens (tertiary/aromatic N) is 2.